The number of nitrogens with one attached hydrogen (secondary N) is 1. The molecule has 1 aromatic heterocycles. The first-order valence-corrected chi connectivity index (χ1v) is 4.64. The van der Waals surface area contributed by atoms with Gasteiger partial charge in [0.05, 0.1) is 5.69 Å². The third-order valence-corrected chi connectivity index (χ3v) is 2.15. The molecule has 0 bridgehead atoms. The highest BCUT2D eigenvalue weighted by molar-refractivity contribution is 6.00. The van der Waals surface area contributed by atoms with Crippen molar-refractivity contribution in [2.45, 2.75) is 0 Å². The normalized spacial score (nSPS) is 9.87. The zero-order chi connectivity index (χ0) is 10.7. The average molecular weight is 197 g/mol. The SMILES string of the molecule is N=C(N)c1cccnc1-c1ccccc1. The fraction of sp³-hybridized carbons (Fsp3) is 0. The number of hydrogen-bond donors (Lipinski definition) is 2. The van der Waals surface area contributed by atoms with Crippen molar-refractivity contribution < 1.29 is 0 Å². The van der Waals surface area contributed by atoms with Gasteiger partial charge in [0.1, 0.15) is 5.84 Å². The topological polar surface area (TPSA) is 62.8 Å². The quantitative estimate of drug-likeness (QED) is 0.571. The van der Waals surface area contributed by atoms with Gasteiger partial charge < -0.3 is 5.73 Å². The lowest BCUT2D eigenvalue weighted by molar-refractivity contribution is 1.29. The lowest BCUT2D eigenvalue weighted by Gasteiger charge is -2.06. The summed E-state index contributed by atoms with van der Waals surface area (Å²) in [5, 5.41) is 7.46. The average Bonchev–Trinajstić information content (AvgIpc) is 2.30. The van der Waals surface area contributed by atoms with Crippen LogP contribution in [0.15, 0.2) is 48.7 Å². The Hall–Kier alpha value is -2.16. The molecule has 74 valence electrons. The number of nitrogen functional groups attached to an aromatic ring is 1. The Labute approximate surface area is 88.1 Å². The van der Waals surface area contributed by atoms with Gasteiger partial charge in [0.2, 0.25) is 0 Å². The second-order valence-corrected chi connectivity index (χ2v) is 3.18. The maximum absolute atomic E-state index is 7.46. The molecule has 0 fully saturated rings. The van der Waals surface area contributed by atoms with Crippen molar-refractivity contribution in [3.63, 3.8) is 0 Å². The molecule has 0 saturated heterocycles. The molecule has 3 N–H and O–H groups in total. The number of nitrogens with two attached hydrogens (primary N) is 1. The zero-order valence-electron chi connectivity index (χ0n) is 8.14. The maximum Gasteiger partial charge on any atom is 0.125 e. The number of nitrogens with zero attached hydrogens (tertiary/aromatic N) is 1. The van der Waals surface area contributed by atoms with Crippen molar-refractivity contribution in [1.82, 2.24) is 4.98 Å². The zero-order valence-corrected chi connectivity index (χ0v) is 8.14. The standard InChI is InChI=1S/C12H11N3/c13-12(14)10-7-4-8-15-11(10)9-5-2-1-3-6-9/h1-8H,(H3,13,14). The summed E-state index contributed by atoms with van der Waals surface area (Å²) >= 11 is 0. The summed E-state index contributed by atoms with van der Waals surface area (Å²) in [4.78, 5) is 4.25. The molecular formula is C12H11N3. The van der Waals surface area contributed by atoms with Gasteiger partial charge in [0.15, 0.2) is 0 Å². The van der Waals surface area contributed by atoms with E-state index in [0.717, 1.165) is 11.3 Å². The summed E-state index contributed by atoms with van der Waals surface area (Å²) in [5.74, 6) is 0.0435. The van der Waals surface area contributed by atoms with Crippen LogP contribution < -0.4 is 5.73 Å². The minimum absolute atomic E-state index is 0.0435. The van der Waals surface area contributed by atoms with Crippen LogP contribution in [0.4, 0.5) is 0 Å². The van der Waals surface area contributed by atoms with Crippen LogP contribution in [0.1, 0.15) is 5.56 Å². The first kappa shape index (κ1) is 9.40. The highest BCUT2D eigenvalue weighted by Gasteiger charge is 2.07. The predicted molar refractivity (Wildman–Crippen MR) is 60.7 cm³/mol. The van der Waals surface area contributed by atoms with Gasteiger partial charge in [-0.2, -0.15) is 0 Å². The van der Waals surface area contributed by atoms with Gasteiger partial charge in [-0.15, -0.1) is 0 Å². The fourth-order valence-electron chi connectivity index (χ4n) is 1.45. The van der Waals surface area contributed by atoms with E-state index in [0.29, 0.717) is 5.56 Å². The van der Waals surface area contributed by atoms with Gasteiger partial charge in [-0.05, 0) is 12.1 Å². The third kappa shape index (κ3) is 1.86. The van der Waals surface area contributed by atoms with Crippen LogP contribution in [0.3, 0.4) is 0 Å². The Kier molecular flexibility index (Phi) is 2.46. The molecule has 0 unspecified atom stereocenters. The summed E-state index contributed by atoms with van der Waals surface area (Å²) in [5.41, 5.74) is 7.90. The van der Waals surface area contributed by atoms with Crippen LogP contribution in [0, 0.1) is 5.41 Å². The van der Waals surface area contributed by atoms with Crippen molar-refractivity contribution >= 4 is 5.84 Å². The minimum Gasteiger partial charge on any atom is -0.384 e. The second kappa shape index (κ2) is 3.92. The fourth-order valence-corrected chi connectivity index (χ4v) is 1.45. The van der Waals surface area contributed by atoms with E-state index < -0.39 is 0 Å². The lowest BCUT2D eigenvalue weighted by atomic mass is 10.1. The Morgan fingerprint density at radius 3 is 2.47 bits per heavy atom. The third-order valence-electron chi connectivity index (χ3n) is 2.15. The first-order valence-electron chi connectivity index (χ1n) is 4.64. The van der Waals surface area contributed by atoms with Gasteiger partial charge in [-0.25, -0.2) is 0 Å². The van der Waals surface area contributed by atoms with E-state index >= 15 is 0 Å². The maximum atomic E-state index is 7.46. The van der Waals surface area contributed by atoms with Crippen LogP contribution >= 0.6 is 0 Å². The molecule has 2 rings (SSSR count). The van der Waals surface area contributed by atoms with E-state index in [1.54, 1.807) is 18.3 Å². The number of aromatic nitrogens is 1. The Bertz CT molecular complexity index is 477. The Balaban J connectivity index is 2.58. The first-order chi connectivity index (χ1) is 7.29. The van der Waals surface area contributed by atoms with E-state index in [2.05, 4.69) is 4.98 Å². The van der Waals surface area contributed by atoms with Gasteiger partial charge in [0.25, 0.3) is 0 Å². The monoisotopic (exact) mass is 197 g/mol. The second-order valence-electron chi connectivity index (χ2n) is 3.18. The molecule has 0 spiro atoms. The lowest BCUT2D eigenvalue weighted by Crippen LogP contribution is -2.13. The van der Waals surface area contributed by atoms with Crippen LogP contribution in [0.2, 0.25) is 0 Å². The molecule has 0 amide bonds. The minimum atomic E-state index is 0.0435. The number of benzene rings is 1. The summed E-state index contributed by atoms with van der Waals surface area (Å²) in [6, 6.07) is 13.3. The van der Waals surface area contributed by atoms with E-state index in [1.165, 1.54) is 0 Å². The predicted octanol–water partition coefficient (Wildman–Crippen LogP) is 2.03. The van der Waals surface area contributed by atoms with Crippen LogP contribution in [0.5, 0.6) is 0 Å². The number of hydrogen-bond acceptors (Lipinski definition) is 2. The Morgan fingerprint density at radius 1 is 1.07 bits per heavy atom. The van der Waals surface area contributed by atoms with Gasteiger partial charge in [-0.3, -0.25) is 10.4 Å². The molecule has 0 saturated carbocycles. The van der Waals surface area contributed by atoms with E-state index in [1.807, 2.05) is 30.3 Å². The number of amidine groups is 1. The van der Waals surface area contributed by atoms with Crippen LogP contribution in [-0.4, -0.2) is 10.8 Å². The van der Waals surface area contributed by atoms with Crippen LogP contribution in [0.25, 0.3) is 11.3 Å². The Morgan fingerprint density at radius 2 is 1.80 bits per heavy atom. The molecular weight excluding hydrogens is 186 g/mol. The molecule has 0 radical (unpaired) electrons. The molecule has 3 heteroatoms. The molecule has 15 heavy (non-hydrogen) atoms. The highest BCUT2D eigenvalue weighted by Crippen LogP contribution is 2.19. The van der Waals surface area contributed by atoms with Crippen molar-refractivity contribution in [3.8, 4) is 11.3 Å². The number of pyridine rings is 1. The molecule has 2 aromatic rings. The molecule has 1 heterocycles. The largest absolute Gasteiger partial charge is 0.384 e. The van der Waals surface area contributed by atoms with Gasteiger partial charge in [0, 0.05) is 17.3 Å². The smallest absolute Gasteiger partial charge is 0.125 e. The van der Waals surface area contributed by atoms with Crippen LogP contribution in [-0.2, 0) is 0 Å². The summed E-state index contributed by atoms with van der Waals surface area (Å²) in [6.45, 7) is 0. The molecule has 1 aromatic carbocycles. The van der Waals surface area contributed by atoms with E-state index in [-0.39, 0.29) is 5.84 Å². The molecule has 3 nitrogen and oxygen atoms in total. The summed E-state index contributed by atoms with van der Waals surface area (Å²) in [6.07, 6.45) is 1.70. The molecule has 0 aliphatic heterocycles. The molecule has 0 aliphatic carbocycles. The summed E-state index contributed by atoms with van der Waals surface area (Å²) in [7, 11) is 0. The van der Waals surface area contributed by atoms with Crippen molar-refractivity contribution in [2.24, 2.45) is 5.73 Å². The summed E-state index contributed by atoms with van der Waals surface area (Å²) < 4.78 is 0. The van der Waals surface area contributed by atoms with Crippen molar-refractivity contribution in [3.05, 3.63) is 54.2 Å². The van der Waals surface area contributed by atoms with E-state index in [9.17, 15) is 0 Å². The van der Waals surface area contributed by atoms with Crippen molar-refractivity contribution in [1.29, 1.82) is 5.41 Å². The van der Waals surface area contributed by atoms with Gasteiger partial charge >= 0.3 is 0 Å². The molecule has 0 aliphatic rings. The van der Waals surface area contributed by atoms with E-state index in [4.69, 9.17) is 11.1 Å². The number of rotatable bonds is 2. The molecule has 0 atom stereocenters. The highest BCUT2D eigenvalue weighted by atomic mass is 14.7. The van der Waals surface area contributed by atoms with Crippen molar-refractivity contribution in [2.75, 3.05) is 0 Å². The van der Waals surface area contributed by atoms with Gasteiger partial charge in [-0.1, -0.05) is 30.3 Å².